The monoisotopic (exact) mass is 190 g/mol. The van der Waals surface area contributed by atoms with Gasteiger partial charge in [-0.05, 0) is 13.8 Å². The molecule has 68 valence electrons. The van der Waals surface area contributed by atoms with Crippen molar-refractivity contribution in [3.63, 3.8) is 0 Å². The summed E-state index contributed by atoms with van der Waals surface area (Å²) >= 11 is 5.46. The molecule has 1 nitrogen and oxygen atoms in total. The van der Waals surface area contributed by atoms with Gasteiger partial charge in [-0.1, -0.05) is 0 Å². The molecule has 0 aliphatic heterocycles. The van der Waals surface area contributed by atoms with Crippen molar-refractivity contribution in [3.05, 3.63) is 0 Å². The maximum Gasteiger partial charge on any atom is 0.411 e. The number of alkyl halides is 4. The van der Waals surface area contributed by atoms with E-state index in [0.29, 0.717) is 0 Å². The van der Waals surface area contributed by atoms with E-state index in [1.54, 1.807) is 6.92 Å². The van der Waals surface area contributed by atoms with E-state index >= 15 is 0 Å². The van der Waals surface area contributed by atoms with Crippen molar-refractivity contribution in [2.45, 2.75) is 31.5 Å². The summed E-state index contributed by atoms with van der Waals surface area (Å²) in [7, 11) is 0. The van der Waals surface area contributed by atoms with Crippen LogP contribution in [-0.4, -0.2) is 24.3 Å². The Morgan fingerprint density at radius 3 is 2.09 bits per heavy atom. The number of rotatable bonds is 3. The van der Waals surface area contributed by atoms with Crippen LogP contribution in [0.25, 0.3) is 0 Å². The Morgan fingerprint density at radius 2 is 1.82 bits per heavy atom. The lowest BCUT2D eigenvalue weighted by Gasteiger charge is -2.15. The van der Waals surface area contributed by atoms with Gasteiger partial charge in [-0.15, -0.1) is 11.6 Å². The van der Waals surface area contributed by atoms with Crippen molar-refractivity contribution in [2.75, 3.05) is 6.61 Å². The summed E-state index contributed by atoms with van der Waals surface area (Å²) < 4.78 is 38.9. The first kappa shape index (κ1) is 11.0. The van der Waals surface area contributed by atoms with Crippen LogP contribution in [-0.2, 0) is 4.74 Å². The second-order valence-electron chi connectivity index (χ2n) is 2.31. The van der Waals surface area contributed by atoms with Crippen LogP contribution in [0, 0.1) is 0 Å². The molecule has 0 fully saturated rings. The molecule has 0 aromatic heterocycles. The van der Waals surface area contributed by atoms with E-state index < -0.39 is 24.3 Å². The van der Waals surface area contributed by atoms with Crippen LogP contribution in [0.15, 0.2) is 0 Å². The van der Waals surface area contributed by atoms with E-state index in [4.69, 9.17) is 11.6 Å². The van der Waals surface area contributed by atoms with Gasteiger partial charge in [-0.25, -0.2) is 0 Å². The Bertz CT molecular complexity index is 113. The molecule has 0 spiro atoms. The first-order valence-electron chi connectivity index (χ1n) is 3.15. The Labute approximate surface area is 68.5 Å². The van der Waals surface area contributed by atoms with Crippen molar-refractivity contribution in [1.29, 1.82) is 0 Å². The second kappa shape index (κ2) is 4.16. The molecule has 5 heteroatoms. The normalized spacial score (nSPS) is 18.0. The fraction of sp³-hybridized carbons (Fsp3) is 1.00. The summed E-state index contributed by atoms with van der Waals surface area (Å²) in [5, 5.41) is -0.405. The van der Waals surface area contributed by atoms with Crippen molar-refractivity contribution in [3.8, 4) is 0 Å². The average molecular weight is 191 g/mol. The summed E-state index contributed by atoms with van der Waals surface area (Å²) in [6.45, 7) is 1.86. The van der Waals surface area contributed by atoms with Gasteiger partial charge in [-0.2, -0.15) is 13.2 Å². The first-order valence-corrected chi connectivity index (χ1v) is 3.59. The molecule has 0 aromatic rings. The van der Waals surface area contributed by atoms with Crippen molar-refractivity contribution >= 4 is 11.6 Å². The maximum atomic E-state index is 11.5. The molecule has 0 saturated heterocycles. The van der Waals surface area contributed by atoms with Gasteiger partial charge >= 0.3 is 6.18 Å². The highest BCUT2D eigenvalue weighted by atomic mass is 35.5. The van der Waals surface area contributed by atoms with Crippen molar-refractivity contribution in [1.82, 2.24) is 0 Å². The number of halogens is 4. The molecule has 0 radical (unpaired) electrons. The van der Waals surface area contributed by atoms with Crippen LogP contribution in [0.4, 0.5) is 13.2 Å². The van der Waals surface area contributed by atoms with E-state index in [1.165, 1.54) is 6.92 Å². The second-order valence-corrected chi connectivity index (χ2v) is 3.00. The summed E-state index contributed by atoms with van der Waals surface area (Å²) in [5.74, 6) is 0. The third-order valence-electron chi connectivity index (χ3n) is 1.16. The minimum Gasteiger partial charge on any atom is -0.368 e. The van der Waals surface area contributed by atoms with Crippen molar-refractivity contribution < 1.29 is 17.9 Å². The fourth-order valence-corrected chi connectivity index (χ4v) is 0.431. The molecule has 1 unspecified atom stereocenters. The topological polar surface area (TPSA) is 9.23 Å². The molecule has 0 bridgehead atoms. The van der Waals surface area contributed by atoms with Crippen LogP contribution >= 0.6 is 11.6 Å². The Hall–Kier alpha value is 0.0400. The van der Waals surface area contributed by atoms with Crippen molar-refractivity contribution in [2.24, 2.45) is 0 Å². The molecule has 0 aliphatic rings. The highest BCUT2D eigenvalue weighted by Gasteiger charge is 2.29. The average Bonchev–Trinajstić information content (AvgIpc) is 1.80. The van der Waals surface area contributed by atoms with Gasteiger partial charge in [0.15, 0.2) is 0 Å². The quantitative estimate of drug-likeness (QED) is 0.622. The predicted molar refractivity (Wildman–Crippen MR) is 36.8 cm³/mol. The summed E-state index contributed by atoms with van der Waals surface area (Å²) in [6, 6.07) is 0. The number of hydrogen-bond donors (Lipinski definition) is 0. The van der Waals surface area contributed by atoms with Crippen LogP contribution in [0.3, 0.4) is 0 Å². The van der Waals surface area contributed by atoms with E-state index in [1.807, 2.05) is 0 Å². The third kappa shape index (κ3) is 6.44. The van der Waals surface area contributed by atoms with Crippen LogP contribution in [0.2, 0.25) is 0 Å². The van der Waals surface area contributed by atoms with Crippen LogP contribution in [0.5, 0.6) is 0 Å². The molecule has 2 atom stereocenters. The molecule has 0 heterocycles. The molecule has 0 N–H and O–H groups in total. The molecule has 0 aliphatic carbocycles. The summed E-state index contributed by atoms with van der Waals surface area (Å²) in [5.41, 5.74) is 0. The Balaban J connectivity index is 3.54. The van der Waals surface area contributed by atoms with E-state index in [0.717, 1.165) is 0 Å². The van der Waals surface area contributed by atoms with Gasteiger partial charge in [0, 0.05) is 0 Å². The fourth-order valence-electron chi connectivity index (χ4n) is 0.359. The van der Waals surface area contributed by atoms with Gasteiger partial charge in [0.05, 0.1) is 11.5 Å². The summed E-state index contributed by atoms with van der Waals surface area (Å²) in [6.07, 6.45) is -4.83. The van der Waals surface area contributed by atoms with E-state index in [2.05, 4.69) is 4.74 Å². The van der Waals surface area contributed by atoms with Crippen LogP contribution in [0.1, 0.15) is 13.8 Å². The minimum atomic E-state index is -4.26. The lowest BCUT2D eigenvalue weighted by molar-refractivity contribution is -0.183. The van der Waals surface area contributed by atoms with E-state index in [9.17, 15) is 13.2 Å². The zero-order valence-electron chi connectivity index (χ0n) is 6.28. The highest BCUT2D eigenvalue weighted by molar-refractivity contribution is 6.20. The molecule has 0 saturated carbocycles. The van der Waals surface area contributed by atoms with Gasteiger partial charge < -0.3 is 4.74 Å². The zero-order chi connectivity index (χ0) is 9.07. The molecule has 11 heavy (non-hydrogen) atoms. The molecule has 0 rings (SSSR count). The van der Waals surface area contributed by atoms with Gasteiger partial charge in [0.25, 0.3) is 0 Å². The molecular formula is C6H10ClF3O. The minimum absolute atomic E-state index is 0.405. The van der Waals surface area contributed by atoms with Crippen LogP contribution < -0.4 is 0 Å². The standard InChI is InChI=1S/C6H10ClF3O/c1-4(7)5(2)11-3-6(8,9)10/h4-5H,3H2,1-2H3/t4-,5?/m0/s1. The highest BCUT2D eigenvalue weighted by Crippen LogP contribution is 2.17. The first-order chi connectivity index (χ1) is 4.83. The lowest BCUT2D eigenvalue weighted by atomic mass is 10.3. The lowest BCUT2D eigenvalue weighted by Crippen LogP contribution is -2.25. The SMILES string of the molecule is CC(OCC(F)(F)F)[C@H](C)Cl. The summed E-state index contributed by atoms with van der Waals surface area (Å²) in [4.78, 5) is 0. The third-order valence-corrected chi connectivity index (χ3v) is 1.51. The Morgan fingerprint density at radius 1 is 1.36 bits per heavy atom. The smallest absolute Gasteiger partial charge is 0.368 e. The van der Waals surface area contributed by atoms with E-state index in [-0.39, 0.29) is 0 Å². The Kier molecular flexibility index (Phi) is 4.18. The largest absolute Gasteiger partial charge is 0.411 e. The predicted octanol–water partition coefficient (Wildman–Crippen LogP) is 2.58. The zero-order valence-corrected chi connectivity index (χ0v) is 7.04. The molecule has 0 aromatic carbocycles. The van der Waals surface area contributed by atoms with Gasteiger partial charge in [0.2, 0.25) is 0 Å². The molecular weight excluding hydrogens is 181 g/mol. The molecule has 0 amide bonds. The number of hydrogen-bond acceptors (Lipinski definition) is 1. The van der Waals surface area contributed by atoms with Gasteiger partial charge in [0.1, 0.15) is 6.61 Å². The number of ether oxygens (including phenoxy) is 1. The van der Waals surface area contributed by atoms with Gasteiger partial charge in [-0.3, -0.25) is 0 Å². The maximum absolute atomic E-state index is 11.5.